The van der Waals surface area contributed by atoms with Gasteiger partial charge in [-0.05, 0) is 44.2 Å². The van der Waals surface area contributed by atoms with Crippen LogP contribution in [-0.2, 0) is 10.0 Å². The highest BCUT2D eigenvalue weighted by molar-refractivity contribution is 7.89. The van der Waals surface area contributed by atoms with E-state index in [9.17, 15) is 13.2 Å². The fourth-order valence-corrected chi connectivity index (χ4v) is 6.36. The third-order valence-electron chi connectivity index (χ3n) is 5.05. The molecule has 3 heterocycles. The minimum absolute atomic E-state index is 0.0308. The second-order valence-electron chi connectivity index (χ2n) is 6.90. The smallest absolute Gasteiger partial charge is 0.244 e. The summed E-state index contributed by atoms with van der Waals surface area (Å²) in [6, 6.07) is 10.8. The average molecular weight is 432 g/mol. The Morgan fingerprint density at radius 2 is 1.79 bits per heavy atom. The summed E-state index contributed by atoms with van der Waals surface area (Å²) in [7, 11) is -3.58. The van der Waals surface area contributed by atoms with Crippen LogP contribution in [0.15, 0.2) is 52.0 Å². The molecule has 1 aliphatic rings. The molecule has 152 valence electrons. The van der Waals surface area contributed by atoms with Crippen LogP contribution in [0.4, 0.5) is 5.69 Å². The van der Waals surface area contributed by atoms with Crippen molar-refractivity contribution in [2.24, 2.45) is 0 Å². The van der Waals surface area contributed by atoms with Crippen LogP contribution >= 0.6 is 11.3 Å². The van der Waals surface area contributed by atoms with Crippen LogP contribution < -0.4 is 4.90 Å². The molecule has 4 rings (SSSR count). The molecule has 0 unspecified atom stereocenters. The first kappa shape index (κ1) is 19.8. The summed E-state index contributed by atoms with van der Waals surface area (Å²) in [6.07, 6.45) is 1.54. The van der Waals surface area contributed by atoms with E-state index in [0.29, 0.717) is 42.4 Å². The molecule has 29 heavy (non-hydrogen) atoms. The normalized spacial score (nSPS) is 15.6. The van der Waals surface area contributed by atoms with Crippen molar-refractivity contribution in [3.8, 4) is 10.6 Å². The van der Waals surface area contributed by atoms with Gasteiger partial charge in [0.1, 0.15) is 0 Å². The van der Waals surface area contributed by atoms with Crippen molar-refractivity contribution in [3.05, 3.63) is 53.0 Å². The van der Waals surface area contributed by atoms with Crippen LogP contribution in [0.3, 0.4) is 0 Å². The van der Waals surface area contributed by atoms with Crippen molar-refractivity contribution in [3.63, 3.8) is 0 Å². The zero-order valence-corrected chi connectivity index (χ0v) is 17.8. The Bertz CT molecular complexity index is 1110. The molecule has 0 spiro atoms. The Labute approximate surface area is 173 Å². The van der Waals surface area contributed by atoms with Gasteiger partial charge in [-0.1, -0.05) is 5.16 Å². The lowest BCUT2D eigenvalue weighted by Crippen LogP contribution is -2.48. The minimum atomic E-state index is -3.58. The number of carbonyl (C=O) groups excluding carboxylic acids is 1. The van der Waals surface area contributed by atoms with Gasteiger partial charge in [-0.15, -0.1) is 11.3 Å². The van der Waals surface area contributed by atoms with E-state index in [1.807, 2.05) is 19.1 Å². The maximum absolute atomic E-state index is 13.2. The topological polar surface area (TPSA) is 83.7 Å². The Kier molecular flexibility index (Phi) is 5.28. The first-order valence-electron chi connectivity index (χ1n) is 9.24. The second kappa shape index (κ2) is 7.74. The second-order valence-corrected chi connectivity index (χ2v) is 10.1. The molecule has 7 nitrogen and oxygen atoms in total. The van der Waals surface area contributed by atoms with E-state index in [4.69, 9.17) is 4.52 Å². The number of rotatable bonds is 5. The van der Waals surface area contributed by atoms with E-state index in [0.717, 1.165) is 15.4 Å². The molecule has 1 aromatic carbocycles. The standard InChI is InChI=1S/C20H21N3O4S2/c1-14(24)16-3-5-17(6-4-16)22-9-11-23(12-10-22)29(25,26)20-13-19(28-15(20)2)18-7-8-21-27-18/h3-8,13H,9-12H2,1-2H3. The summed E-state index contributed by atoms with van der Waals surface area (Å²) in [5, 5.41) is 3.69. The predicted molar refractivity (Wildman–Crippen MR) is 112 cm³/mol. The van der Waals surface area contributed by atoms with Crippen molar-refractivity contribution in [1.82, 2.24) is 9.46 Å². The van der Waals surface area contributed by atoms with Crippen LogP contribution in [0.25, 0.3) is 10.6 Å². The van der Waals surface area contributed by atoms with Crippen LogP contribution in [0.1, 0.15) is 22.2 Å². The molecule has 1 fully saturated rings. The number of Topliss-reactive ketones (excluding diaryl/α,β-unsaturated/α-hetero) is 1. The minimum Gasteiger partial charge on any atom is -0.369 e. The van der Waals surface area contributed by atoms with E-state index in [2.05, 4.69) is 10.1 Å². The van der Waals surface area contributed by atoms with Crippen LogP contribution in [0, 0.1) is 6.92 Å². The van der Waals surface area contributed by atoms with E-state index >= 15 is 0 Å². The van der Waals surface area contributed by atoms with Crippen LogP contribution in [0.2, 0.25) is 0 Å². The number of piperazine rings is 1. The lowest BCUT2D eigenvalue weighted by Gasteiger charge is -2.35. The molecule has 0 aliphatic carbocycles. The molecule has 1 saturated heterocycles. The Morgan fingerprint density at radius 3 is 2.38 bits per heavy atom. The summed E-state index contributed by atoms with van der Waals surface area (Å²) in [4.78, 5) is 15.4. The Hall–Kier alpha value is -2.49. The maximum atomic E-state index is 13.2. The first-order chi connectivity index (χ1) is 13.9. The molecule has 0 atom stereocenters. The Balaban J connectivity index is 1.48. The first-order valence-corrected chi connectivity index (χ1v) is 11.5. The van der Waals surface area contributed by atoms with Crippen molar-refractivity contribution in [2.45, 2.75) is 18.7 Å². The fourth-order valence-electron chi connectivity index (χ4n) is 3.42. The number of nitrogens with zero attached hydrogens (tertiary/aromatic N) is 3. The highest BCUT2D eigenvalue weighted by Crippen LogP contribution is 2.35. The number of sulfonamides is 1. The number of aromatic nitrogens is 1. The van der Waals surface area contributed by atoms with E-state index in [1.165, 1.54) is 15.6 Å². The number of hydrogen-bond donors (Lipinski definition) is 0. The van der Waals surface area contributed by atoms with Gasteiger partial charge in [-0.3, -0.25) is 4.79 Å². The summed E-state index contributed by atoms with van der Waals surface area (Å²) >= 11 is 1.39. The number of benzene rings is 1. The average Bonchev–Trinajstić information content (AvgIpc) is 3.38. The molecule has 0 N–H and O–H groups in total. The largest absolute Gasteiger partial charge is 0.369 e. The quantitative estimate of drug-likeness (QED) is 0.576. The van der Waals surface area contributed by atoms with Crippen molar-refractivity contribution in [2.75, 3.05) is 31.1 Å². The molecular weight excluding hydrogens is 410 g/mol. The molecule has 9 heteroatoms. The van der Waals surface area contributed by atoms with E-state index in [1.54, 1.807) is 37.4 Å². The summed E-state index contributed by atoms with van der Waals surface area (Å²) < 4.78 is 33.1. The zero-order valence-electron chi connectivity index (χ0n) is 16.2. The number of carbonyl (C=O) groups is 1. The third kappa shape index (κ3) is 3.85. The summed E-state index contributed by atoms with van der Waals surface area (Å²) in [6.45, 7) is 5.35. The third-order valence-corrected chi connectivity index (χ3v) is 8.27. The summed E-state index contributed by atoms with van der Waals surface area (Å²) in [5.41, 5.74) is 1.66. The van der Waals surface area contributed by atoms with Gasteiger partial charge in [-0.2, -0.15) is 4.31 Å². The van der Waals surface area contributed by atoms with Gasteiger partial charge in [0.25, 0.3) is 0 Å². The lowest BCUT2D eigenvalue weighted by molar-refractivity contribution is 0.101. The van der Waals surface area contributed by atoms with Crippen LogP contribution in [0.5, 0.6) is 0 Å². The van der Waals surface area contributed by atoms with Crippen LogP contribution in [-0.4, -0.2) is 49.8 Å². The molecule has 0 radical (unpaired) electrons. The van der Waals surface area contributed by atoms with Gasteiger partial charge in [0, 0.05) is 48.4 Å². The highest BCUT2D eigenvalue weighted by atomic mass is 32.2. The molecular formula is C20H21N3O4S2. The SMILES string of the molecule is CC(=O)c1ccc(N2CCN(S(=O)(=O)c3cc(-c4ccno4)sc3C)CC2)cc1. The van der Waals surface area contributed by atoms with Crippen molar-refractivity contribution >= 4 is 32.8 Å². The highest BCUT2D eigenvalue weighted by Gasteiger charge is 2.31. The molecule has 3 aromatic rings. The molecule has 1 aliphatic heterocycles. The zero-order chi connectivity index (χ0) is 20.6. The molecule has 2 aromatic heterocycles. The van der Waals surface area contributed by atoms with Crippen molar-refractivity contribution < 1.29 is 17.7 Å². The fraction of sp³-hybridized carbons (Fsp3) is 0.300. The van der Waals surface area contributed by atoms with Gasteiger partial charge < -0.3 is 9.42 Å². The van der Waals surface area contributed by atoms with E-state index in [-0.39, 0.29) is 5.78 Å². The molecule has 0 amide bonds. The number of hydrogen-bond acceptors (Lipinski definition) is 7. The number of ketones is 1. The predicted octanol–water partition coefficient (Wildman–Crippen LogP) is 3.43. The maximum Gasteiger partial charge on any atom is 0.244 e. The number of thiophene rings is 1. The molecule has 0 saturated carbocycles. The molecule has 0 bridgehead atoms. The summed E-state index contributed by atoms with van der Waals surface area (Å²) in [5.74, 6) is 0.599. The van der Waals surface area contributed by atoms with Gasteiger partial charge in [0.05, 0.1) is 16.0 Å². The van der Waals surface area contributed by atoms with Crippen molar-refractivity contribution in [1.29, 1.82) is 0 Å². The van der Waals surface area contributed by atoms with Gasteiger partial charge in [0.2, 0.25) is 10.0 Å². The lowest BCUT2D eigenvalue weighted by atomic mass is 10.1. The van der Waals surface area contributed by atoms with Gasteiger partial charge in [0.15, 0.2) is 11.5 Å². The monoisotopic (exact) mass is 431 g/mol. The van der Waals surface area contributed by atoms with E-state index < -0.39 is 10.0 Å². The van der Waals surface area contributed by atoms with Gasteiger partial charge in [-0.25, -0.2) is 8.42 Å². The van der Waals surface area contributed by atoms with Gasteiger partial charge >= 0.3 is 0 Å². The number of aryl methyl sites for hydroxylation is 1. The Morgan fingerprint density at radius 1 is 1.10 bits per heavy atom. The number of anilines is 1.